The van der Waals surface area contributed by atoms with Gasteiger partial charge < -0.3 is 20.1 Å². The fraction of sp³-hybridized carbons (Fsp3) is 0.567. The van der Waals surface area contributed by atoms with E-state index in [2.05, 4.69) is 10.6 Å². The highest BCUT2D eigenvalue weighted by molar-refractivity contribution is 7.92. The Hall–Kier alpha value is -1.67. The van der Waals surface area contributed by atoms with Crippen LogP contribution in [0.25, 0.3) is 0 Å². The highest BCUT2D eigenvalue weighted by atomic mass is 35.5. The molecule has 2 aromatic rings. The van der Waals surface area contributed by atoms with E-state index in [4.69, 9.17) is 32.7 Å². The predicted molar refractivity (Wildman–Crippen MR) is 177 cm³/mol. The van der Waals surface area contributed by atoms with Crippen LogP contribution in [0, 0.1) is 0 Å². The molecule has 2 N–H and O–H groups in total. The zero-order valence-electron chi connectivity index (χ0n) is 24.9. The molecule has 1 amide bonds. The zero-order chi connectivity index (χ0) is 31.1. The highest BCUT2D eigenvalue weighted by Gasteiger charge is 2.29. The Labute approximate surface area is 274 Å². The summed E-state index contributed by atoms with van der Waals surface area (Å²) in [4.78, 5) is 11.2. The minimum absolute atomic E-state index is 0. The maximum absolute atomic E-state index is 11.4. The molecule has 0 spiro atoms. The van der Waals surface area contributed by atoms with Crippen molar-refractivity contribution in [3.05, 3.63) is 69.7 Å². The molecule has 4 aliphatic heterocycles. The van der Waals surface area contributed by atoms with E-state index >= 15 is 0 Å². The van der Waals surface area contributed by atoms with Crippen molar-refractivity contribution in [2.45, 2.75) is 50.6 Å². The lowest BCUT2D eigenvalue weighted by atomic mass is 10.1. The van der Waals surface area contributed by atoms with Crippen LogP contribution in [-0.2, 0) is 46.8 Å². The summed E-state index contributed by atoms with van der Waals surface area (Å²) in [6.07, 6.45) is 6.35. The molecule has 4 aliphatic rings. The summed E-state index contributed by atoms with van der Waals surface area (Å²) < 4.78 is 55.6. The van der Waals surface area contributed by atoms with Crippen LogP contribution in [-0.4, -0.2) is 99.2 Å². The van der Waals surface area contributed by atoms with Crippen molar-refractivity contribution in [2.24, 2.45) is 0 Å². The van der Waals surface area contributed by atoms with E-state index in [0.29, 0.717) is 23.0 Å². The Bertz CT molecular complexity index is 1310. The molecule has 4 saturated heterocycles. The maximum atomic E-state index is 11.4. The van der Waals surface area contributed by atoms with Crippen LogP contribution in [0.1, 0.15) is 36.8 Å². The third kappa shape index (κ3) is 16.1. The first-order valence-corrected chi connectivity index (χ1v) is 19.0. The molecule has 6 rings (SSSR count). The second kappa shape index (κ2) is 19.8. The minimum Gasteiger partial charge on any atom is -0.381 e. The number of ether oxygens (including phenoxy) is 2. The van der Waals surface area contributed by atoms with E-state index in [9.17, 15) is 21.6 Å². The number of amides is 1. The number of rotatable bonds is 4. The Kier molecular flexibility index (Phi) is 17.3. The molecular weight excluding hydrogens is 646 g/mol. The molecule has 4 heterocycles. The van der Waals surface area contributed by atoms with Gasteiger partial charge in [0.25, 0.3) is 0 Å². The molecule has 243 valence electrons. The third-order valence-electron chi connectivity index (χ3n) is 6.92. The lowest BCUT2D eigenvalue weighted by Gasteiger charge is -2.23. The lowest BCUT2D eigenvalue weighted by molar-refractivity contribution is -0.119. The number of nitrogens with one attached hydrogen (secondary N) is 2. The van der Waals surface area contributed by atoms with Crippen molar-refractivity contribution in [3.63, 3.8) is 0 Å². The van der Waals surface area contributed by atoms with E-state index in [1.165, 1.54) is 25.7 Å². The summed E-state index contributed by atoms with van der Waals surface area (Å²) in [7, 11) is -6.10. The maximum Gasteiger partial charge on any atom is 0.235 e. The first-order valence-electron chi connectivity index (χ1n) is 14.6. The lowest BCUT2D eigenvalue weighted by Crippen LogP contribution is -2.49. The van der Waals surface area contributed by atoms with Gasteiger partial charge in [0.05, 0.1) is 17.3 Å². The molecule has 0 aliphatic carbocycles. The average molecular weight is 689 g/mol. The van der Waals surface area contributed by atoms with Crippen LogP contribution in [0.3, 0.4) is 0 Å². The van der Waals surface area contributed by atoms with E-state index < -0.39 is 31.3 Å². The number of halogens is 2. The number of carbonyl (C=O) groups is 1. The quantitative estimate of drug-likeness (QED) is 0.469. The number of carbonyl (C=O) groups excluding carboxylic acids is 1. The first-order chi connectivity index (χ1) is 20.5. The number of hydrogen-bond donors (Lipinski definition) is 2. The molecule has 4 fully saturated rings. The molecule has 2 atom stereocenters. The fourth-order valence-corrected chi connectivity index (χ4v) is 7.93. The van der Waals surface area contributed by atoms with Crippen molar-refractivity contribution in [2.75, 3.05) is 56.0 Å². The van der Waals surface area contributed by atoms with Gasteiger partial charge >= 0.3 is 0 Å². The first kappa shape index (κ1) is 38.5. The Morgan fingerprint density at radius 3 is 1.50 bits per heavy atom. The van der Waals surface area contributed by atoms with Gasteiger partial charge in [0, 0.05) is 63.5 Å². The zero-order valence-corrected chi connectivity index (χ0v) is 28.0. The van der Waals surface area contributed by atoms with Crippen molar-refractivity contribution >= 4 is 57.2 Å². The summed E-state index contributed by atoms with van der Waals surface area (Å²) in [5.74, 6) is -0.333. The Morgan fingerprint density at radius 1 is 0.682 bits per heavy atom. The minimum atomic E-state index is -3.25. The van der Waals surface area contributed by atoms with Gasteiger partial charge in [0.2, 0.25) is 5.91 Å². The molecule has 0 bridgehead atoms. The third-order valence-corrected chi connectivity index (χ3v) is 10.8. The van der Waals surface area contributed by atoms with Crippen LogP contribution < -0.4 is 10.6 Å². The van der Waals surface area contributed by atoms with Crippen LogP contribution in [0.2, 0.25) is 10.0 Å². The van der Waals surface area contributed by atoms with Gasteiger partial charge in [0.1, 0.15) is 5.75 Å². The van der Waals surface area contributed by atoms with Gasteiger partial charge in [-0.2, -0.15) is 0 Å². The van der Waals surface area contributed by atoms with Crippen molar-refractivity contribution in [1.29, 1.82) is 0 Å². The van der Waals surface area contributed by atoms with Crippen LogP contribution in [0.4, 0.5) is 0 Å². The van der Waals surface area contributed by atoms with Crippen molar-refractivity contribution in [3.8, 4) is 0 Å². The largest absolute Gasteiger partial charge is 0.381 e. The highest BCUT2D eigenvalue weighted by Crippen LogP contribution is 2.14. The topological polar surface area (TPSA) is 128 Å². The Morgan fingerprint density at radius 2 is 1.11 bits per heavy atom. The Balaban J connectivity index is 0.000000230. The molecule has 3 radical (unpaired) electrons. The monoisotopic (exact) mass is 687 g/mol. The van der Waals surface area contributed by atoms with Gasteiger partial charge in [0.15, 0.2) is 19.7 Å². The smallest absolute Gasteiger partial charge is 0.235 e. The summed E-state index contributed by atoms with van der Waals surface area (Å²) >= 11 is 11.5. The van der Waals surface area contributed by atoms with E-state index in [1.54, 1.807) is 12.1 Å². The SMILES string of the molecule is C1CCOC1.C1CCOC1.O=C1CS(=O)(=O)CC(Cc2ccc(Cl)cc2)N1.O=S1(=O)CCNC(Cc2ccc(Cl)cc2)C1.[B]. The van der Waals surface area contributed by atoms with E-state index in [-0.39, 0.29) is 37.8 Å². The molecular formula is C30H42BCl2N2O7S2. The molecule has 14 heteroatoms. The van der Waals surface area contributed by atoms with Gasteiger partial charge in [-0.1, -0.05) is 47.5 Å². The summed E-state index contributed by atoms with van der Waals surface area (Å²) in [6.45, 7) is 4.56. The second-order valence-electron chi connectivity index (χ2n) is 10.9. The van der Waals surface area contributed by atoms with Crippen LogP contribution in [0.5, 0.6) is 0 Å². The molecule has 0 saturated carbocycles. The molecule has 9 nitrogen and oxygen atoms in total. The average Bonchev–Trinajstić information content (AvgIpc) is 3.70. The van der Waals surface area contributed by atoms with Crippen LogP contribution >= 0.6 is 23.2 Å². The molecule has 2 aromatic carbocycles. The van der Waals surface area contributed by atoms with Crippen LogP contribution in [0.15, 0.2) is 48.5 Å². The molecule has 0 aromatic heterocycles. The summed E-state index contributed by atoms with van der Waals surface area (Å²) in [5.41, 5.74) is 2.07. The van der Waals surface area contributed by atoms with E-state index in [1.807, 2.05) is 36.4 Å². The van der Waals surface area contributed by atoms with Gasteiger partial charge in [-0.05, 0) is 73.9 Å². The van der Waals surface area contributed by atoms with Crippen molar-refractivity contribution in [1.82, 2.24) is 10.6 Å². The number of hydrogen-bond acceptors (Lipinski definition) is 8. The van der Waals surface area contributed by atoms with Gasteiger partial charge in [-0.25, -0.2) is 16.8 Å². The van der Waals surface area contributed by atoms with E-state index in [0.717, 1.165) is 44.0 Å². The fourth-order valence-electron chi connectivity index (χ4n) is 4.82. The number of benzene rings is 2. The standard InChI is InChI=1S/C11H12ClNO3S.C11H14ClNO2S.2C4H8O.B/c12-9-3-1-8(2-4-9)5-10-6-17(15,16)7-11(14)13-10;12-10-3-1-9(2-4-10)7-11-8-16(14,15)6-5-13-11;2*1-2-4-5-3-1;/h1-4,10H,5-7H2,(H,13,14);1-4,11,13H,5-8H2;2*1-4H2;. The predicted octanol–water partition coefficient (Wildman–Crippen LogP) is 3.28. The molecule has 2 unspecified atom stereocenters. The van der Waals surface area contributed by atoms with Gasteiger partial charge in [-0.15, -0.1) is 0 Å². The molecule has 44 heavy (non-hydrogen) atoms. The summed E-state index contributed by atoms with van der Waals surface area (Å²) in [6, 6.07) is 14.4. The number of sulfone groups is 2. The normalized spacial score (nSPS) is 23.2. The van der Waals surface area contributed by atoms with Gasteiger partial charge in [-0.3, -0.25) is 4.79 Å². The second-order valence-corrected chi connectivity index (χ2v) is 16.1. The summed E-state index contributed by atoms with van der Waals surface area (Å²) in [5, 5.41) is 7.24. The van der Waals surface area contributed by atoms with Crippen molar-refractivity contribution < 1.29 is 31.1 Å².